The molecule has 0 aliphatic heterocycles. The van der Waals surface area contributed by atoms with Crippen molar-refractivity contribution in [1.82, 2.24) is 4.90 Å². The first-order chi connectivity index (χ1) is 12.3. The molecule has 0 rings (SSSR count). The van der Waals surface area contributed by atoms with Crippen LogP contribution in [0.1, 0.15) is 87.0 Å². The minimum atomic E-state index is -0.767. The van der Waals surface area contributed by atoms with Gasteiger partial charge in [0.15, 0.2) is 0 Å². The van der Waals surface area contributed by atoms with Crippen LogP contribution >= 0.6 is 0 Å². The van der Waals surface area contributed by atoms with E-state index in [1.54, 1.807) is 4.90 Å². The Morgan fingerprint density at radius 1 is 1.00 bits per heavy atom. The van der Waals surface area contributed by atoms with E-state index in [9.17, 15) is 9.59 Å². The molecule has 0 aliphatic carbocycles. The maximum absolute atomic E-state index is 13.1. The van der Waals surface area contributed by atoms with Gasteiger partial charge in [-0.1, -0.05) is 47.0 Å². The molecule has 5 nitrogen and oxygen atoms in total. The molecule has 26 heavy (non-hydrogen) atoms. The predicted molar refractivity (Wildman–Crippen MR) is 106 cm³/mol. The lowest BCUT2D eigenvalue weighted by molar-refractivity contribution is -0.167. The van der Waals surface area contributed by atoms with Crippen LogP contribution in [-0.4, -0.2) is 42.8 Å². The highest BCUT2D eigenvalue weighted by Gasteiger charge is 2.48. The third-order valence-corrected chi connectivity index (χ3v) is 4.85. The lowest BCUT2D eigenvalue weighted by atomic mass is 9.70. The van der Waals surface area contributed by atoms with Gasteiger partial charge in [0.05, 0.1) is 6.61 Å². The molecule has 0 aromatic rings. The maximum atomic E-state index is 13.1. The van der Waals surface area contributed by atoms with Gasteiger partial charge in [-0.05, 0) is 46.0 Å². The summed E-state index contributed by atoms with van der Waals surface area (Å²) < 4.78 is 11.4. The quantitative estimate of drug-likeness (QED) is 0.406. The number of esters is 1. The molecule has 0 fully saturated rings. The van der Waals surface area contributed by atoms with E-state index in [4.69, 9.17) is 9.47 Å². The fourth-order valence-corrected chi connectivity index (χ4v) is 3.68. The number of rotatable bonds is 13. The highest BCUT2D eigenvalue weighted by atomic mass is 16.6. The molecule has 0 aliphatic rings. The van der Waals surface area contributed by atoms with Crippen LogP contribution < -0.4 is 0 Å². The van der Waals surface area contributed by atoms with Gasteiger partial charge in [-0.15, -0.1) is 0 Å². The second-order valence-electron chi connectivity index (χ2n) is 7.41. The van der Waals surface area contributed by atoms with E-state index in [1.807, 2.05) is 20.8 Å². The van der Waals surface area contributed by atoms with E-state index in [0.717, 1.165) is 19.3 Å². The van der Waals surface area contributed by atoms with Gasteiger partial charge >= 0.3 is 12.1 Å². The zero-order chi connectivity index (χ0) is 20.2. The van der Waals surface area contributed by atoms with E-state index >= 15 is 0 Å². The Morgan fingerprint density at radius 2 is 1.62 bits per heavy atom. The second-order valence-corrected chi connectivity index (χ2v) is 7.41. The van der Waals surface area contributed by atoms with Gasteiger partial charge in [0, 0.05) is 13.1 Å². The van der Waals surface area contributed by atoms with E-state index in [0.29, 0.717) is 44.9 Å². The molecule has 0 aromatic heterocycles. The van der Waals surface area contributed by atoms with E-state index in [2.05, 4.69) is 27.7 Å². The Labute approximate surface area is 160 Å². The molecule has 0 N–H and O–H groups in total. The molecule has 154 valence electrons. The number of hydrogen-bond acceptors (Lipinski definition) is 4. The number of carbonyl (C=O) groups is 2. The molecule has 0 aromatic carbocycles. The van der Waals surface area contributed by atoms with Crippen molar-refractivity contribution in [2.24, 2.45) is 11.3 Å². The fraction of sp³-hybridized carbons (Fsp3) is 0.905. The number of nitrogens with zero attached hydrogens (tertiary/aromatic N) is 1. The summed E-state index contributed by atoms with van der Waals surface area (Å²) in [5, 5.41) is 0. The molecule has 5 heteroatoms. The Bertz CT molecular complexity index is 407. The number of unbranched alkanes of at least 4 members (excludes halogenated alkanes) is 1. The van der Waals surface area contributed by atoms with Crippen LogP contribution in [0.2, 0.25) is 0 Å². The van der Waals surface area contributed by atoms with Crippen molar-refractivity contribution in [2.45, 2.75) is 93.1 Å². The van der Waals surface area contributed by atoms with Crippen LogP contribution in [0.4, 0.5) is 4.79 Å². The molecular formula is C21H41NO4. The topological polar surface area (TPSA) is 55.8 Å². The zero-order valence-electron chi connectivity index (χ0n) is 18.1. The molecule has 0 bridgehead atoms. The van der Waals surface area contributed by atoms with Crippen LogP contribution in [0.5, 0.6) is 0 Å². The normalized spacial score (nSPS) is 14.6. The summed E-state index contributed by atoms with van der Waals surface area (Å²) in [5.74, 6) is 0.0891. The Morgan fingerprint density at radius 3 is 2.04 bits per heavy atom. The van der Waals surface area contributed by atoms with Crippen LogP contribution in [0.25, 0.3) is 0 Å². The van der Waals surface area contributed by atoms with Gasteiger partial charge in [0.1, 0.15) is 11.5 Å². The van der Waals surface area contributed by atoms with Crippen molar-refractivity contribution in [3.8, 4) is 0 Å². The average molecular weight is 372 g/mol. The van der Waals surface area contributed by atoms with Gasteiger partial charge < -0.3 is 14.4 Å². The Hall–Kier alpha value is -1.26. The second kappa shape index (κ2) is 13.0. The number of hydrogen-bond donors (Lipinski definition) is 0. The minimum absolute atomic E-state index is 0.219. The van der Waals surface area contributed by atoms with Crippen LogP contribution in [0.15, 0.2) is 0 Å². The predicted octanol–water partition coefficient (Wildman–Crippen LogP) is 5.42. The zero-order valence-corrected chi connectivity index (χ0v) is 18.1. The van der Waals surface area contributed by atoms with Crippen LogP contribution in [-0.2, 0) is 14.3 Å². The highest BCUT2D eigenvalue weighted by Crippen LogP contribution is 2.41. The SMILES string of the molecule is CCCCC(OC(=O)N(CC)CC)C(CCC)(CC(C)C)C(=O)OCC. The van der Waals surface area contributed by atoms with E-state index in [1.165, 1.54) is 0 Å². The van der Waals surface area contributed by atoms with Gasteiger partial charge in [-0.25, -0.2) is 4.79 Å². The summed E-state index contributed by atoms with van der Waals surface area (Å²) in [6.45, 7) is 15.6. The monoisotopic (exact) mass is 371 g/mol. The van der Waals surface area contributed by atoms with Gasteiger partial charge in [0.2, 0.25) is 0 Å². The lowest BCUT2D eigenvalue weighted by Gasteiger charge is -2.40. The fourth-order valence-electron chi connectivity index (χ4n) is 3.68. The molecule has 1 amide bonds. The summed E-state index contributed by atoms with van der Waals surface area (Å²) >= 11 is 0. The first kappa shape index (κ1) is 24.7. The number of carbonyl (C=O) groups excluding carboxylic acids is 2. The summed E-state index contributed by atoms with van der Waals surface area (Å²) in [6.07, 6.45) is 4.00. The summed E-state index contributed by atoms with van der Waals surface area (Å²) in [6, 6.07) is 0. The largest absolute Gasteiger partial charge is 0.465 e. The van der Waals surface area contributed by atoms with Crippen LogP contribution in [0, 0.1) is 11.3 Å². The average Bonchev–Trinajstić information content (AvgIpc) is 2.58. The third kappa shape index (κ3) is 7.16. The number of amides is 1. The third-order valence-electron chi connectivity index (χ3n) is 4.85. The number of ether oxygens (including phenoxy) is 2. The van der Waals surface area contributed by atoms with Crippen molar-refractivity contribution in [1.29, 1.82) is 0 Å². The molecule has 0 spiro atoms. The smallest absolute Gasteiger partial charge is 0.410 e. The van der Waals surface area contributed by atoms with Crippen molar-refractivity contribution in [3.63, 3.8) is 0 Å². The molecule has 0 heterocycles. The maximum Gasteiger partial charge on any atom is 0.410 e. The van der Waals surface area contributed by atoms with Crippen molar-refractivity contribution in [3.05, 3.63) is 0 Å². The first-order valence-electron chi connectivity index (χ1n) is 10.4. The van der Waals surface area contributed by atoms with E-state index < -0.39 is 11.5 Å². The van der Waals surface area contributed by atoms with Crippen molar-refractivity contribution in [2.75, 3.05) is 19.7 Å². The highest BCUT2D eigenvalue weighted by molar-refractivity contribution is 5.78. The minimum Gasteiger partial charge on any atom is -0.465 e. The van der Waals surface area contributed by atoms with Gasteiger partial charge in [-0.3, -0.25) is 4.79 Å². The lowest BCUT2D eigenvalue weighted by Crippen LogP contribution is -2.48. The molecule has 0 saturated heterocycles. The molecule has 0 radical (unpaired) electrons. The summed E-state index contributed by atoms with van der Waals surface area (Å²) in [5.41, 5.74) is -0.767. The van der Waals surface area contributed by atoms with Crippen molar-refractivity contribution >= 4 is 12.1 Å². The molecule has 2 atom stereocenters. The van der Waals surface area contributed by atoms with Gasteiger partial charge in [0.25, 0.3) is 0 Å². The van der Waals surface area contributed by atoms with Crippen molar-refractivity contribution < 1.29 is 19.1 Å². The van der Waals surface area contributed by atoms with Gasteiger partial charge in [-0.2, -0.15) is 0 Å². The molecule has 0 saturated carbocycles. The Kier molecular flexibility index (Phi) is 12.4. The van der Waals surface area contributed by atoms with Crippen LogP contribution in [0.3, 0.4) is 0 Å². The standard InChI is InChI=1S/C21H41NO4/c1-8-13-14-18(26-20(24)22(10-3)11-4)21(15-9-2,16-17(6)7)19(23)25-12-5/h17-18H,8-16H2,1-7H3. The first-order valence-corrected chi connectivity index (χ1v) is 10.4. The summed E-state index contributed by atoms with van der Waals surface area (Å²) in [4.78, 5) is 27.4. The van der Waals surface area contributed by atoms with E-state index in [-0.39, 0.29) is 12.1 Å². The summed E-state index contributed by atoms with van der Waals surface area (Å²) in [7, 11) is 0. The molecule has 2 unspecified atom stereocenters. The Balaban J connectivity index is 5.87. The molecular weight excluding hydrogens is 330 g/mol.